The molecule has 3 rings (SSSR count). The monoisotopic (exact) mass is 329 g/mol. The second-order valence-corrected chi connectivity index (χ2v) is 6.22. The predicted octanol–water partition coefficient (Wildman–Crippen LogP) is 3.96. The summed E-state index contributed by atoms with van der Waals surface area (Å²) in [4.78, 5) is 12.9. The zero-order chi connectivity index (χ0) is 15.4. The number of hydrogen-bond donors (Lipinski definition) is 1. The smallest absolute Gasteiger partial charge is 0.271 e. The molecule has 1 N–H and O–H groups in total. The van der Waals surface area contributed by atoms with Crippen LogP contribution >= 0.6 is 22.9 Å². The number of thiophene rings is 1. The second-order valence-electron chi connectivity index (χ2n) is 4.48. The van der Waals surface area contributed by atoms with E-state index < -0.39 is 0 Å². The van der Waals surface area contributed by atoms with Crippen LogP contribution in [0.15, 0.2) is 66.0 Å². The molecule has 0 saturated carbocycles. The predicted molar refractivity (Wildman–Crippen MR) is 90.2 cm³/mol. The van der Waals surface area contributed by atoms with Crippen LogP contribution in [0.2, 0.25) is 4.34 Å². The van der Waals surface area contributed by atoms with Crippen molar-refractivity contribution in [2.45, 2.75) is 0 Å². The lowest BCUT2D eigenvalue weighted by Gasteiger charge is -2.04. The average Bonchev–Trinajstić information content (AvgIpc) is 3.19. The van der Waals surface area contributed by atoms with Crippen LogP contribution in [0, 0.1) is 0 Å². The molecule has 0 unspecified atom stereocenters. The van der Waals surface area contributed by atoms with Gasteiger partial charge in [0.05, 0.1) is 10.6 Å². The molecule has 0 aliphatic carbocycles. The van der Waals surface area contributed by atoms with Crippen molar-refractivity contribution in [3.05, 3.63) is 75.7 Å². The standard InChI is InChI=1S/C16H12ClN3OS/c17-15-8-7-14(22-15)11-18-19-16(21)12-3-5-13(6-4-12)20-9-1-2-10-20/h1-11H,(H,19,21). The molecule has 0 fully saturated rings. The van der Waals surface area contributed by atoms with E-state index in [0.717, 1.165) is 10.6 Å². The Morgan fingerprint density at radius 3 is 2.50 bits per heavy atom. The first kappa shape index (κ1) is 14.6. The fourth-order valence-electron chi connectivity index (χ4n) is 1.91. The molecular formula is C16H12ClN3OS. The van der Waals surface area contributed by atoms with Crippen LogP contribution < -0.4 is 5.43 Å². The summed E-state index contributed by atoms with van der Waals surface area (Å²) < 4.78 is 2.66. The Labute approximate surface area is 136 Å². The number of carbonyl (C=O) groups excluding carboxylic acids is 1. The summed E-state index contributed by atoms with van der Waals surface area (Å²) in [5.41, 5.74) is 4.05. The molecule has 6 heteroatoms. The first-order chi connectivity index (χ1) is 10.7. The molecule has 0 atom stereocenters. The Hall–Kier alpha value is -2.37. The minimum atomic E-state index is -0.252. The van der Waals surface area contributed by atoms with Crippen molar-refractivity contribution in [3.63, 3.8) is 0 Å². The summed E-state index contributed by atoms with van der Waals surface area (Å²) in [5.74, 6) is -0.252. The third-order valence-corrected chi connectivity index (χ3v) is 4.15. The Morgan fingerprint density at radius 1 is 1.14 bits per heavy atom. The fraction of sp³-hybridized carbons (Fsp3) is 0. The lowest BCUT2D eigenvalue weighted by Crippen LogP contribution is -2.17. The Bertz CT molecular complexity index is 791. The summed E-state index contributed by atoms with van der Waals surface area (Å²) >= 11 is 7.22. The number of nitrogens with one attached hydrogen (secondary N) is 1. The topological polar surface area (TPSA) is 46.4 Å². The third kappa shape index (κ3) is 3.44. The van der Waals surface area contributed by atoms with Gasteiger partial charge in [0.2, 0.25) is 0 Å². The molecule has 0 radical (unpaired) electrons. The molecule has 0 bridgehead atoms. The molecule has 2 heterocycles. The normalized spacial score (nSPS) is 11.0. The van der Waals surface area contributed by atoms with E-state index in [9.17, 15) is 4.79 Å². The molecule has 4 nitrogen and oxygen atoms in total. The van der Waals surface area contributed by atoms with Crippen LogP contribution in [-0.2, 0) is 0 Å². The van der Waals surface area contributed by atoms with Gasteiger partial charge in [-0.1, -0.05) is 11.6 Å². The highest BCUT2D eigenvalue weighted by Gasteiger charge is 2.04. The van der Waals surface area contributed by atoms with Crippen molar-refractivity contribution in [1.29, 1.82) is 0 Å². The molecule has 2 aromatic heterocycles. The summed E-state index contributed by atoms with van der Waals surface area (Å²) in [6.07, 6.45) is 5.47. The fourth-order valence-corrected chi connectivity index (χ4v) is 2.84. The molecule has 0 aliphatic heterocycles. The average molecular weight is 330 g/mol. The number of halogens is 1. The number of nitrogens with zero attached hydrogens (tertiary/aromatic N) is 2. The first-order valence-electron chi connectivity index (χ1n) is 6.54. The van der Waals surface area contributed by atoms with E-state index in [0.29, 0.717) is 9.90 Å². The zero-order valence-electron chi connectivity index (χ0n) is 11.4. The van der Waals surface area contributed by atoms with Crippen LogP contribution in [0.4, 0.5) is 0 Å². The summed E-state index contributed by atoms with van der Waals surface area (Å²) in [6, 6.07) is 14.8. The minimum Gasteiger partial charge on any atom is -0.324 e. The van der Waals surface area contributed by atoms with E-state index in [1.54, 1.807) is 24.4 Å². The molecule has 3 aromatic rings. The second kappa shape index (κ2) is 6.60. The highest BCUT2D eigenvalue weighted by atomic mass is 35.5. The van der Waals surface area contributed by atoms with E-state index in [-0.39, 0.29) is 5.91 Å². The van der Waals surface area contributed by atoms with Gasteiger partial charge in [-0.05, 0) is 48.5 Å². The molecule has 110 valence electrons. The lowest BCUT2D eigenvalue weighted by atomic mass is 10.2. The number of benzene rings is 1. The molecule has 0 spiro atoms. The van der Waals surface area contributed by atoms with Crippen LogP contribution in [0.1, 0.15) is 15.2 Å². The van der Waals surface area contributed by atoms with E-state index in [2.05, 4.69) is 10.5 Å². The van der Waals surface area contributed by atoms with Gasteiger partial charge in [0.15, 0.2) is 0 Å². The summed E-state index contributed by atoms with van der Waals surface area (Å²) in [5, 5.41) is 3.93. The zero-order valence-corrected chi connectivity index (χ0v) is 13.0. The third-order valence-electron chi connectivity index (χ3n) is 2.98. The van der Waals surface area contributed by atoms with Crippen molar-refractivity contribution >= 4 is 35.1 Å². The van der Waals surface area contributed by atoms with E-state index in [4.69, 9.17) is 11.6 Å². The maximum absolute atomic E-state index is 12.0. The van der Waals surface area contributed by atoms with Crippen LogP contribution in [-0.4, -0.2) is 16.7 Å². The molecule has 1 amide bonds. The number of aromatic nitrogens is 1. The number of hydrogen-bond acceptors (Lipinski definition) is 3. The van der Waals surface area contributed by atoms with Gasteiger partial charge in [-0.25, -0.2) is 5.43 Å². The number of hydrazone groups is 1. The Balaban J connectivity index is 1.64. The van der Waals surface area contributed by atoms with Crippen LogP contribution in [0.3, 0.4) is 0 Å². The van der Waals surface area contributed by atoms with E-state index in [1.165, 1.54) is 11.3 Å². The van der Waals surface area contributed by atoms with Crippen molar-refractivity contribution < 1.29 is 4.79 Å². The quantitative estimate of drug-likeness (QED) is 0.571. The SMILES string of the molecule is O=C(NN=Cc1ccc(Cl)s1)c1ccc(-n2cccc2)cc1. The van der Waals surface area contributed by atoms with Gasteiger partial charge in [0.25, 0.3) is 5.91 Å². The Kier molecular flexibility index (Phi) is 4.37. The van der Waals surface area contributed by atoms with Crippen LogP contribution in [0.5, 0.6) is 0 Å². The molecule has 22 heavy (non-hydrogen) atoms. The number of rotatable bonds is 4. The van der Waals surface area contributed by atoms with Gasteiger partial charge in [0.1, 0.15) is 0 Å². The van der Waals surface area contributed by atoms with Crippen molar-refractivity contribution in [2.75, 3.05) is 0 Å². The molecule has 0 saturated heterocycles. The number of amides is 1. The maximum Gasteiger partial charge on any atom is 0.271 e. The van der Waals surface area contributed by atoms with Gasteiger partial charge in [-0.2, -0.15) is 5.10 Å². The van der Waals surface area contributed by atoms with Gasteiger partial charge in [-0.15, -0.1) is 11.3 Å². The van der Waals surface area contributed by atoms with Crippen molar-refractivity contribution in [3.8, 4) is 5.69 Å². The van der Waals surface area contributed by atoms with Crippen molar-refractivity contribution in [1.82, 2.24) is 9.99 Å². The molecular weight excluding hydrogens is 318 g/mol. The van der Waals surface area contributed by atoms with Crippen molar-refractivity contribution in [2.24, 2.45) is 5.10 Å². The largest absolute Gasteiger partial charge is 0.324 e. The van der Waals surface area contributed by atoms with E-state index in [1.807, 2.05) is 47.3 Å². The molecule has 1 aromatic carbocycles. The van der Waals surface area contributed by atoms with Crippen LogP contribution in [0.25, 0.3) is 5.69 Å². The lowest BCUT2D eigenvalue weighted by molar-refractivity contribution is 0.0955. The van der Waals surface area contributed by atoms with Gasteiger partial charge < -0.3 is 4.57 Å². The minimum absolute atomic E-state index is 0.252. The van der Waals surface area contributed by atoms with Gasteiger partial charge in [0, 0.05) is 28.5 Å². The summed E-state index contributed by atoms with van der Waals surface area (Å²) in [6.45, 7) is 0. The highest BCUT2D eigenvalue weighted by molar-refractivity contribution is 7.17. The number of carbonyl (C=O) groups is 1. The molecule has 0 aliphatic rings. The van der Waals surface area contributed by atoms with Gasteiger partial charge >= 0.3 is 0 Å². The summed E-state index contributed by atoms with van der Waals surface area (Å²) in [7, 11) is 0. The Morgan fingerprint density at radius 2 is 1.86 bits per heavy atom. The first-order valence-corrected chi connectivity index (χ1v) is 7.74. The van der Waals surface area contributed by atoms with Gasteiger partial charge in [-0.3, -0.25) is 4.79 Å². The highest BCUT2D eigenvalue weighted by Crippen LogP contribution is 2.19. The van der Waals surface area contributed by atoms with E-state index >= 15 is 0 Å². The maximum atomic E-state index is 12.0.